The van der Waals surface area contributed by atoms with Crippen molar-refractivity contribution in [2.24, 2.45) is 0 Å². The molecule has 1 amide bonds. The van der Waals surface area contributed by atoms with Gasteiger partial charge >= 0.3 is 0 Å². The first-order valence-electron chi connectivity index (χ1n) is 7.15. The predicted octanol–water partition coefficient (Wildman–Crippen LogP) is 4.61. The van der Waals surface area contributed by atoms with E-state index in [0.717, 1.165) is 5.56 Å². The maximum atomic E-state index is 13.3. The van der Waals surface area contributed by atoms with Crippen LogP contribution < -0.4 is 14.4 Å². The molecule has 2 heterocycles. The van der Waals surface area contributed by atoms with E-state index in [1.54, 1.807) is 18.2 Å². The van der Waals surface area contributed by atoms with Gasteiger partial charge in [0, 0.05) is 0 Å². The van der Waals surface area contributed by atoms with Crippen LogP contribution in [0.25, 0.3) is 6.08 Å². The molecule has 0 radical (unpaired) electrons. The van der Waals surface area contributed by atoms with Gasteiger partial charge in [-0.1, -0.05) is 41.6 Å². The van der Waals surface area contributed by atoms with Gasteiger partial charge in [0.15, 0.2) is 15.8 Å². The quantitative estimate of drug-likeness (QED) is 0.550. The standard InChI is InChI=1S/C17H9ClFNO3S2/c18-11-7-10(2-3-12(11)19)20-16(21)15(25-17(20)24)6-9-1-4-13-14(5-9)23-8-22-13/h1-7H,8H2. The van der Waals surface area contributed by atoms with E-state index in [1.807, 2.05) is 6.07 Å². The van der Waals surface area contributed by atoms with Gasteiger partial charge in [0.2, 0.25) is 6.79 Å². The molecule has 0 saturated carbocycles. The number of fused-ring (bicyclic) bond motifs is 1. The van der Waals surface area contributed by atoms with E-state index < -0.39 is 5.82 Å². The number of carbonyl (C=O) groups excluding carboxylic acids is 1. The van der Waals surface area contributed by atoms with Crippen LogP contribution in [-0.2, 0) is 4.79 Å². The number of nitrogens with zero attached hydrogens (tertiary/aromatic N) is 1. The molecule has 1 saturated heterocycles. The predicted molar refractivity (Wildman–Crippen MR) is 99.6 cm³/mol. The van der Waals surface area contributed by atoms with Crippen LogP contribution in [-0.4, -0.2) is 17.0 Å². The highest BCUT2D eigenvalue weighted by Gasteiger charge is 2.33. The van der Waals surface area contributed by atoms with Crippen molar-refractivity contribution in [3.63, 3.8) is 0 Å². The van der Waals surface area contributed by atoms with Crippen LogP contribution in [0.3, 0.4) is 0 Å². The number of thioether (sulfide) groups is 1. The molecule has 126 valence electrons. The van der Waals surface area contributed by atoms with E-state index in [4.69, 9.17) is 33.3 Å². The Morgan fingerprint density at radius 1 is 1.20 bits per heavy atom. The summed E-state index contributed by atoms with van der Waals surface area (Å²) in [6.07, 6.45) is 1.73. The average Bonchev–Trinajstić information content (AvgIpc) is 3.15. The number of carbonyl (C=O) groups is 1. The van der Waals surface area contributed by atoms with E-state index in [1.165, 1.54) is 34.9 Å². The van der Waals surface area contributed by atoms with Crippen LogP contribution in [0.2, 0.25) is 5.02 Å². The first-order valence-corrected chi connectivity index (χ1v) is 8.76. The van der Waals surface area contributed by atoms with E-state index in [9.17, 15) is 9.18 Å². The van der Waals surface area contributed by atoms with Crippen molar-refractivity contribution in [1.29, 1.82) is 0 Å². The number of hydrogen-bond donors (Lipinski definition) is 0. The molecule has 1 fully saturated rings. The molecule has 0 spiro atoms. The van der Waals surface area contributed by atoms with E-state index in [0.29, 0.717) is 26.4 Å². The maximum Gasteiger partial charge on any atom is 0.270 e. The fourth-order valence-electron chi connectivity index (χ4n) is 2.47. The van der Waals surface area contributed by atoms with Crippen LogP contribution >= 0.6 is 35.6 Å². The molecule has 0 aliphatic carbocycles. The Bertz CT molecular complexity index is 947. The van der Waals surface area contributed by atoms with Crippen LogP contribution in [0.4, 0.5) is 10.1 Å². The lowest BCUT2D eigenvalue weighted by atomic mass is 10.2. The zero-order valence-corrected chi connectivity index (χ0v) is 14.9. The summed E-state index contributed by atoms with van der Waals surface area (Å²) >= 11 is 12.3. The smallest absolute Gasteiger partial charge is 0.270 e. The molecule has 25 heavy (non-hydrogen) atoms. The largest absolute Gasteiger partial charge is 0.454 e. The summed E-state index contributed by atoms with van der Waals surface area (Å²) in [5, 5.41) is -0.0636. The van der Waals surface area contributed by atoms with Gasteiger partial charge in [0.05, 0.1) is 15.6 Å². The molecule has 0 N–H and O–H groups in total. The van der Waals surface area contributed by atoms with E-state index in [2.05, 4.69) is 0 Å². The Balaban J connectivity index is 1.65. The highest BCUT2D eigenvalue weighted by atomic mass is 35.5. The highest BCUT2D eigenvalue weighted by molar-refractivity contribution is 8.27. The van der Waals surface area contributed by atoms with Crippen LogP contribution in [0, 0.1) is 5.82 Å². The Kier molecular flexibility index (Phi) is 4.15. The van der Waals surface area contributed by atoms with Crippen LogP contribution in [0.5, 0.6) is 11.5 Å². The lowest BCUT2D eigenvalue weighted by molar-refractivity contribution is -0.113. The molecule has 0 unspecified atom stereocenters. The second kappa shape index (κ2) is 6.33. The van der Waals surface area contributed by atoms with Crippen molar-refractivity contribution in [1.82, 2.24) is 0 Å². The number of thiocarbonyl (C=S) groups is 1. The Labute approximate surface area is 157 Å². The zero-order valence-electron chi connectivity index (χ0n) is 12.5. The molecule has 2 aliphatic heterocycles. The van der Waals surface area contributed by atoms with Gasteiger partial charge in [-0.25, -0.2) is 4.39 Å². The summed E-state index contributed by atoms with van der Waals surface area (Å²) in [5.74, 6) is 0.474. The minimum atomic E-state index is -0.549. The SMILES string of the molecule is O=C1C(=Cc2ccc3c(c2)OCO3)SC(=S)N1c1ccc(F)c(Cl)c1. The Hall–Kier alpha value is -2.09. The van der Waals surface area contributed by atoms with Gasteiger partial charge < -0.3 is 9.47 Å². The summed E-state index contributed by atoms with van der Waals surface area (Å²) in [6.45, 7) is 0.187. The molecule has 0 aromatic heterocycles. The summed E-state index contributed by atoms with van der Waals surface area (Å²) < 4.78 is 24.3. The molecule has 2 aromatic carbocycles. The Morgan fingerprint density at radius 2 is 2.00 bits per heavy atom. The molecular formula is C17H9ClFNO3S2. The number of anilines is 1. The molecule has 2 aromatic rings. The number of ether oxygens (including phenoxy) is 2. The van der Waals surface area contributed by atoms with Gasteiger partial charge in [0.25, 0.3) is 5.91 Å². The van der Waals surface area contributed by atoms with Crippen molar-refractivity contribution in [2.45, 2.75) is 0 Å². The van der Waals surface area contributed by atoms with Crippen molar-refractivity contribution in [3.8, 4) is 11.5 Å². The van der Waals surface area contributed by atoms with Gasteiger partial charge in [0.1, 0.15) is 5.82 Å². The number of halogens is 2. The highest BCUT2D eigenvalue weighted by Crippen LogP contribution is 2.38. The first-order chi connectivity index (χ1) is 12.0. The van der Waals surface area contributed by atoms with Crippen molar-refractivity contribution in [2.75, 3.05) is 11.7 Å². The normalized spacial score (nSPS) is 17.7. The topological polar surface area (TPSA) is 38.8 Å². The molecular weight excluding hydrogens is 385 g/mol. The molecule has 4 nitrogen and oxygen atoms in total. The van der Waals surface area contributed by atoms with Crippen LogP contribution in [0.15, 0.2) is 41.3 Å². The minimum Gasteiger partial charge on any atom is -0.454 e. The molecule has 4 rings (SSSR count). The second-order valence-electron chi connectivity index (χ2n) is 5.23. The number of rotatable bonds is 2. The fourth-order valence-corrected chi connectivity index (χ4v) is 3.94. The fraction of sp³-hybridized carbons (Fsp3) is 0.0588. The molecule has 8 heteroatoms. The summed E-state index contributed by atoms with van der Waals surface area (Å²) in [4.78, 5) is 14.5. The third-order valence-electron chi connectivity index (χ3n) is 3.65. The van der Waals surface area contributed by atoms with Crippen LogP contribution in [0.1, 0.15) is 5.56 Å². The van der Waals surface area contributed by atoms with Gasteiger partial charge in [-0.05, 0) is 42.0 Å². The minimum absolute atomic E-state index is 0.0636. The Morgan fingerprint density at radius 3 is 2.80 bits per heavy atom. The average molecular weight is 394 g/mol. The number of hydrogen-bond acceptors (Lipinski definition) is 5. The van der Waals surface area contributed by atoms with Gasteiger partial charge in [-0.2, -0.15) is 0 Å². The third-order valence-corrected chi connectivity index (χ3v) is 5.24. The first kappa shape index (κ1) is 16.4. The molecule has 2 aliphatic rings. The third kappa shape index (κ3) is 2.99. The lowest BCUT2D eigenvalue weighted by Gasteiger charge is -2.14. The van der Waals surface area contributed by atoms with Crippen molar-refractivity contribution >= 4 is 57.6 Å². The van der Waals surface area contributed by atoms with Crippen molar-refractivity contribution < 1.29 is 18.7 Å². The monoisotopic (exact) mass is 393 g/mol. The number of benzene rings is 2. The van der Waals surface area contributed by atoms with Gasteiger partial charge in [-0.3, -0.25) is 9.69 Å². The number of amides is 1. The maximum absolute atomic E-state index is 13.3. The second-order valence-corrected chi connectivity index (χ2v) is 7.31. The molecule has 0 atom stereocenters. The van der Waals surface area contributed by atoms with E-state index in [-0.39, 0.29) is 17.7 Å². The summed E-state index contributed by atoms with van der Waals surface area (Å²) in [5.41, 5.74) is 1.23. The summed E-state index contributed by atoms with van der Waals surface area (Å²) in [7, 11) is 0. The van der Waals surface area contributed by atoms with E-state index >= 15 is 0 Å². The van der Waals surface area contributed by atoms with Gasteiger partial charge in [-0.15, -0.1) is 0 Å². The van der Waals surface area contributed by atoms with Crippen molar-refractivity contribution in [3.05, 3.63) is 57.7 Å². The lowest BCUT2D eigenvalue weighted by Crippen LogP contribution is -2.27. The summed E-state index contributed by atoms with van der Waals surface area (Å²) in [6, 6.07) is 9.46. The zero-order chi connectivity index (χ0) is 17.6. The molecule has 0 bridgehead atoms.